The molecule has 0 aliphatic rings. The van der Waals surface area contributed by atoms with E-state index in [4.69, 9.17) is 9.84 Å². The van der Waals surface area contributed by atoms with Gasteiger partial charge in [-0.25, -0.2) is 4.79 Å². The molecule has 1 aromatic rings. The molecule has 1 aromatic carbocycles. The highest BCUT2D eigenvalue weighted by Gasteiger charge is 2.21. The van der Waals surface area contributed by atoms with Crippen LogP contribution < -0.4 is 5.32 Å². The zero-order valence-electron chi connectivity index (χ0n) is 10.7. The molecular weight excluding hydrogens is 266 g/mol. The highest BCUT2D eigenvalue weighted by molar-refractivity contribution is 7.99. The smallest absolute Gasteiger partial charge is 0.330 e. The molecule has 0 heterocycles. The van der Waals surface area contributed by atoms with Gasteiger partial charge in [0.15, 0.2) is 6.04 Å². The monoisotopic (exact) mass is 283 g/mol. The Hall–Kier alpha value is -1.53. The molecule has 5 nitrogen and oxygen atoms in total. The van der Waals surface area contributed by atoms with E-state index in [2.05, 4.69) is 5.32 Å². The maximum absolute atomic E-state index is 11.7. The number of aliphatic carboxylic acids is 1. The number of methoxy groups -OCH3 is 1. The van der Waals surface area contributed by atoms with Gasteiger partial charge in [-0.2, -0.15) is 0 Å². The number of carbonyl (C=O) groups is 2. The standard InChI is InChI=1S/C13H17NO4S/c1-18-7-8-19-9-11(15)14-12(13(16)17)10-5-3-2-4-6-10/h2-6,12H,7-9H2,1H3,(H,14,15)(H,16,17)/t12-/m1/s1. The molecule has 0 spiro atoms. The molecule has 0 aliphatic heterocycles. The summed E-state index contributed by atoms with van der Waals surface area (Å²) in [6.45, 7) is 0.568. The Kier molecular flexibility index (Phi) is 6.99. The topological polar surface area (TPSA) is 75.6 Å². The van der Waals surface area contributed by atoms with Crippen molar-refractivity contribution in [3.63, 3.8) is 0 Å². The second-order valence-electron chi connectivity index (χ2n) is 3.79. The van der Waals surface area contributed by atoms with E-state index in [1.807, 2.05) is 0 Å². The lowest BCUT2D eigenvalue weighted by atomic mass is 10.1. The Morgan fingerprint density at radius 2 is 2.05 bits per heavy atom. The van der Waals surface area contributed by atoms with Gasteiger partial charge in [0.05, 0.1) is 12.4 Å². The first-order valence-electron chi connectivity index (χ1n) is 5.79. The predicted molar refractivity (Wildman–Crippen MR) is 74.2 cm³/mol. The first-order valence-corrected chi connectivity index (χ1v) is 6.94. The van der Waals surface area contributed by atoms with Crippen LogP contribution >= 0.6 is 11.8 Å². The average molecular weight is 283 g/mol. The van der Waals surface area contributed by atoms with Crippen LogP contribution in [0, 0.1) is 0 Å². The van der Waals surface area contributed by atoms with Crippen LogP contribution in [0.2, 0.25) is 0 Å². The second kappa shape index (κ2) is 8.55. The van der Waals surface area contributed by atoms with E-state index in [-0.39, 0.29) is 11.7 Å². The molecule has 0 saturated heterocycles. The fourth-order valence-electron chi connectivity index (χ4n) is 1.44. The third-order valence-corrected chi connectivity index (χ3v) is 3.27. The lowest BCUT2D eigenvalue weighted by Crippen LogP contribution is -2.34. The van der Waals surface area contributed by atoms with Gasteiger partial charge in [0, 0.05) is 12.9 Å². The number of carboxylic acids is 1. The van der Waals surface area contributed by atoms with Crippen molar-refractivity contribution in [3.05, 3.63) is 35.9 Å². The van der Waals surface area contributed by atoms with E-state index in [1.165, 1.54) is 11.8 Å². The number of amides is 1. The van der Waals surface area contributed by atoms with E-state index < -0.39 is 12.0 Å². The molecule has 0 unspecified atom stereocenters. The molecule has 0 aromatic heterocycles. The quantitative estimate of drug-likeness (QED) is 0.704. The van der Waals surface area contributed by atoms with Crippen LogP contribution in [0.4, 0.5) is 0 Å². The van der Waals surface area contributed by atoms with Crippen molar-refractivity contribution in [1.29, 1.82) is 0 Å². The first kappa shape index (κ1) is 15.5. The number of hydrogen-bond donors (Lipinski definition) is 2. The third-order valence-electron chi connectivity index (χ3n) is 2.35. The third kappa shape index (κ3) is 5.76. The van der Waals surface area contributed by atoms with Gasteiger partial charge in [0.2, 0.25) is 5.91 Å². The molecule has 1 rings (SSSR count). The summed E-state index contributed by atoms with van der Waals surface area (Å²) in [7, 11) is 1.59. The largest absolute Gasteiger partial charge is 0.479 e. The molecule has 0 bridgehead atoms. The summed E-state index contributed by atoms with van der Waals surface area (Å²) in [5.74, 6) is -0.439. The minimum Gasteiger partial charge on any atom is -0.479 e. The summed E-state index contributed by atoms with van der Waals surface area (Å²) in [6, 6.07) is 7.63. The number of carbonyl (C=O) groups excluding carboxylic acids is 1. The summed E-state index contributed by atoms with van der Waals surface area (Å²) >= 11 is 1.40. The molecule has 0 fully saturated rings. The first-order chi connectivity index (χ1) is 9.15. The maximum Gasteiger partial charge on any atom is 0.330 e. The van der Waals surface area contributed by atoms with Crippen LogP contribution in [0.15, 0.2) is 30.3 Å². The number of nitrogens with one attached hydrogen (secondary N) is 1. The summed E-state index contributed by atoms with van der Waals surface area (Å²) in [5, 5.41) is 11.7. The van der Waals surface area contributed by atoms with E-state index in [0.29, 0.717) is 17.9 Å². The van der Waals surface area contributed by atoms with E-state index in [9.17, 15) is 9.59 Å². The summed E-state index contributed by atoms with van der Waals surface area (Å²) in [5.41, 5.74) is 0.560. The Morgan fingerprint density at radius 1 is 1.37 bits per heavy atom. The number of rotatable bonds is 8. The Morgan fingerprint density at radius 3 is 2.63 bits per heavy atom. The fourth-order valence-corrected chi connectivity index (χ4v) is 2.14. The Labute approximate surface area is 116 Å². The minimum absolute atomic E-state index is 0.222. The van der Waals surface area contributed by atoms with Gasteiger partial charge >= 0.3 is 5.97 Å². The van der Waals surface area contributed by atoms with Crippen molar-refractivity contribution in [3.8, 4) is 0 Å². The Balaban J connectivity index is 2.51. The Bertz CT molecular complexity index is 410. The van der Waals surface area contributed by atoms with Crippen molar-refractivity contribution >= 4 is 23.6 Å². The van der Waals surface area contributed by atoms with Crippen molar-refractivity contribution in [1.82, 2.24) is 5.32 Å². The van der Waals surface area contributed by atoms with Crippen LogP contribution in [-0.2, 0) is 14.3 Å². The summed E-state index contributed by atoms with van der Waals surface area (Å²) in [6.07, 6.45) is 0. The number of ether oxygens (including phenoxy) is 1. The molecule has 0 radical (unpaired) electrons. The molecule has 6 heteroatoms. The van der Waals surface area contributed by atoms with Gasteiger partial charge in [-0.05, 0) is 5.56 Å². The van der Waals surface area contributed by atoms with Crippen molar-refractivity contribution in [2.75, 3.05) is 25.2 Å². The number of carboxylic acid groups (broad SMARTS) is 1. The summed E-state index contributed by atoms with van der Waals surface area (Å²) < 4.78 is 4.87. The van der Waals surface area contributed by atoms with Crippen molar-refractivity contribution in [2.45, 2.75) is 6.04 Å². The van der Waals surface area contributed by atoms with E-state index in [1.54, 1.807) is 37.4 Å². The van der Waals surface area contributed by atoms with Crippen LogP contribution in [0.1, 0.15) is 11.6 Å². The molecule has 0 aliphatic carbocycles. The highest BCUT2D eigenvalue weighted by Crippen LogP contribution is 2.13. The molecule has 1 atom stereocenters. The molecule has 2 N–H and O–H groups in total. The summed E-state index contributed by atoms with van der Waals surface area (Å²) in [4.78, 5) is 22.8. The molecule has 1 amide bonds. The van der Waals surface area contributed by atoms with Gasteiger partial charge in [-0.3, -0.25) is 4.79 Å². The van der Waals surface area contributed by atoms with Gasteiger partial charge in [-0.1, -0.05) is 30.3 Å². The number of benzene rings is 1. The zero-order valence-corrected chi connectivity index (χ0v) is 11.5. The maximum atomic E-state index is 11.7. The van der Waals surface area contributed by atoms with E-state index >= 15 is 0 Å². The van der Waals surface area contributed by atoms with Gasteiger partial charge in [0.1, 0.15) is 0 Å². The van der Waals surface area contributed by atoms with E-state index in [0.717, 1.165) is 0 Å². The second-order valence-corrected chi connectivity index (χ2v) is 4.90. The normalized spacial score (nSPS) is 11.8. The predicted octanol–water partition coefficient (Wildman–Crippen LogP) is 1.31. The average Bonchev–Trinajstić information content (AvgIpc) is 2.41. The van der Waals surface area contributed by atoms with Crippen LogP contribution in [-0.4, -0.2) is 42.2 Å². The zero-order chi connectivity index (χ0) is 14.1. The lowest BCUT2D eigenvalue weighted by molar-refractivity contribution is -0.141. The van der Waals surface area contributed by atoms with Crippen molar-refractivity contribution < 1.29 is 19.4 Å². The number of thioether (sulfide) groups is 1. The van der Waals surface area contributed by atoms with Crippen LogP contribution in [0.5, 0.6) is 0 Å². The lowest BCUT2D eigenvalue weighted by Gasteiger charge is -2.14. The van der Waals surface area contributed by atoms with Crippen LogP contribution in [0.3, 0.4) is 0 Å². The SMILES string of the molecule is COCCSCC(=O)N[C@@H](C(=O)O)c1ccccc1. The number of hydrogen-bond acceptors (Lipinski definition) is 4. The molecule has 0 saturated carbocycles. The molecule has 19 heavy (non-hydrogen) atoms. The minimum atomic E-state index is -1.07. The highest BCUT2D eigenvalue weighted by atomic mass is 32.2. The molecule has 104 valence electrons. The van der Waals surface area contributed by atoms with Gasteiger partial charge in [-0.15, -0.1) is 11.8 Å². The van der Waals surface area contributed by atoms with Crippen LogP contribution in [0.25, 0.3) is 0 Å². The fraction of sp³-hybridized carbons (Fsp3) is 0.385. The van der Waals surface area contributed by atoms with Gasteiger partial charge < -0.3 is 15.2 Å². The van der Waals surface area contributed by atoms with Crippen molar-refractivity contribution in [2.24, 2.45) is 0 Å². The molecular formula is C13H17NO4S. The van der Waals surface area contributed by atoms with Gasteiger partial charge in [0.25, 0.3) is 0 Å².